The van der Waals surface area contributed by atoms with Crippen LogP contribution >= 0.6 is 11.6 Å². The first-order valence-corrected chi connectivity index (χ1v) is 9.35. The smallest absolute Gasteiger partial charge is 0.256 e. The third kappa shape index (κ3) is 4.87. The Kier molecular flexibility index (Phi) is 6.10. The predicted octanol–water partition coefficient (Wildman–Crippen LogP) is 6.64. The third-order valence-electron chi connectivity index (χ3n) is 4.37. The molecule has 0 saturated carbocycles. The van der Waals surface area contributed by atoms with Crippen molar-refractivity contribution in [3.05, 3.63) is 101 Å². The molecule has 136 valence electrons. The Bertz CT molecular complexity index is 944. The van der Waals surface area contributed by atoms with Crippen LogP contribution < -0.4 is 5.32 Å². The van der Waals surface area contributed by atoms with Crippen molar-refractivity contribution in [2.45, 2.75) is 19.8 Å². The molecule has 27 heavy (non-hydrogen) atoms. The Hall–Kier alpha value is -2.84. The van der Waals surface area contributed by atoms with Crippen LogP contribution in [0.15, 0.2) is 78.9 Å². The van der Waals surface area contributed by atoms with E-state index in [-0.39, 0.29) is 5.91 Å². The normalized spacial score (nSPS) is 11.5. The minimum Gasteiger partial charge on any atom is -0.322 e. The van der Waals surface area contributed by atoms with Gasteiger partial charge in [0.2, 0.25) is 0 Å². The lowest BCUT2D eigenvalue weighted by Gasteiger charge is -2.12. The standard InChI is InChI=1S/C24H22ClNO/c1-17(2)18-12-14-21(15-13-18)26-24(27)22(19-8-4-3-5-9-19)16-20-10-6-7-11-23(20)25/h3-17H,1-2H3,(H,26,27)/b22-16+. The molecule has 0 aromatic heterocycles. The lowest BCUT2D eigenvalue weighted by molar-refractivity contribution is -0.111. The van der Waals surface area contributed by atoms with Gasteiger partial charge in [-0.1, -0.05) is 86.1 Å². The van der Waals surface area contributed by atoms with E-state index >= 15 is 0 Å². The molecule has 0 radical (unpaired) electrons. The molecule has 0 aliphatic rings. The summed E-state index contributed by atoms with van der Waals surface area (Å²) in [6, 6.07) is 25.1. The first-order chi connectivity index (χ1) is 13.0. The first kappa shape index (κ1) is 18.9. The van der Waals surface area contributed by atoms with Crippen LogP contribution in [0.1, 0.15) is 36.5 Å². The molecule has 3 rings (SSSR count). The van der Waals surface area contributed by atoms with Crippen molar-refractivity contribution in [3.8, 4) is 0 Å². The number of amides is 1. The van der Waals surface area contributed by atoms with Crippen LogP contribution in [0, 0.1) is 0 Å². The summed E-state index contributed by atoms with van der Waals surface area (Å²) in [4.78, 5) is 13.0. The van der Waals surface area contributed by atoms with Gasteiger partial charge in [-0.2, -0.15) is 0 Å². The highest BCUT2D eigenvalue weighted by molar-refractivity contribution is 6.34. The Balaban J connectivity index is 1.93. The van der Waals surface area contributed by atoms with Crippen molar-refractivity contribution >= 4 is 34.8 Å². The van der Waals surface area contributed by atoms with E-state index < -0.39 is 0 Å². The number of benzene rings is 3. The molecule has 1 N–H and O–H groups in total. The van der Waals surface area contributed by atoms with Crippen LogP contribution in [-0.2, 0) is 4.79 Å². The molecule has 1 amide bonds. The number of carbonyl (C=O) groups is 1. The van der Waals surface area contributed by atoms with Crippen molar-refractivity contribution in [2.24, 2.45) is 0 Å². The van der Waals surface area contributed by atoms with Crippen molar-refractivity contribution in [3.63, 3.8) is 0 Å². The summed E-state index contributed by atoms with van der Waals surface area (Å²) < 4.78 is 0. The summed E-state index contributed by atoms with van der Waals surface area (Å²) in [6.45, 7) is 4.29. The highest BCUT2D eigenvalue weighted by atomic mass is 35.5. The monoisotopic (exact) mass is 375 g/mol. The largest absolute Gasteiger partial charge is 0.322 e. The van der Waals surface area contributed by atoms with Gasteiger partial charge < -0.3 is 5.32 Å². The second-order valence-electron chi connectivity index (χ2n) is 6.68. The first-order valence-electron chi connectivity index (χ1n) is 8.97. The molecule has 0 aliphatic heterocycles. The maximum atomic E-state index is 13.0. The third-order valence-corrected chi connectivity index (χ3v) is 4.71. The zero-order chi connectivity index (χ0) is 19.2. The van der Waals surface area contributed by atoms with Gasteiger partial charge in [-0.05, 0) is 46.9 Å². The SMILES string of the molecule is CC(C)c1ccc(NC(=O)/C(=C/c2ccccc2Cl)c2ccccc2)cc1. The summed E-state index contributed by atoms with van der Waals surface area (Å²) in [6.07, 6.45) is 1.83. The zero-order valence-corrected chi connectivity index (χ0v) is 16.2. The van der Waals surface area contributed by atoms with Gasteiger partial charge in [0.25, 0.3) is 5.91 Å². The van der Waals surface area contributed by atoms with Crippen molar-refractivity contribution in [1.82, 2.24) is 0 Å². The zero-order valence-electron chi connectivity index (χ0n) is 15.4. The number of anilines is 1. The lowest BCUT2D eigenvalue weighted by Crippen LogP contribution is -2.13. The van der Waals surface area contributed by atoms with Crippen LogP contribution in [0.2, 0.25) is 5.02 Å². The Morgan fingerprint density at radius 1 is 0.889 bits per heavy atom. The average Bonchev–Trinajstić information content (AvgIpc) is 2.68. The Labute approximate surface area is 165 Å². The predicted molar refractivity (Wildman–Crippen MR) is 115 cm³/mol. The molecule has 0 unspecified atom stereocenters. The van der Waals surface area contributed by atoms with Gasteiger partial charge in [0, 0.05) is 16.3 Å². The summed E-state index contributed by atoms with van der Waals surface area (Å²) in [5.74, 6) is 0.285. The lowest BCUT2D eigenvalue weighted by atomic mass is 10.0. The van der Waals surface area contributed by atoms with Crippen LogP contribution in [0.25, 0.3) is 11.6 Å². The quantitative estimate of drug-likeness (QED) is 0.393. The van der Waals surface area contributed by atoms with Crippen LogP contribution in [-0.4, -0.2) is 5.91 Å². The van der Waals surface area contributed by atoms with Gasteiger partial charge in [-0.3, -0.25) is 4.79 Å². The second-order valence-corrected chi connectivity index (χ2v) is 7.08. The molecule has 0 aliphatic carbocycles. The maximum Gasteiger partial charge on any atom is 0.256 e. The van der Waals surface area contributed by atoms with Crippen molar-refractivity contribution in [1.29, 1.82) is 0 Å². The molecule has 0 fully saturated rings. The molecule has 2 nitrogen and oxygen atoms in total. The minimum atomic E-state index is -0.168. The summed E-state index contributed by atoms with van der Waals surface area (Å²) in [5.41, 5.74) is 4.22. The summed E-state index contributed by atoms with van der Waals surface area (Å²) in [7, 11) is 0. The van der Waals surface area contributed by atoms with E-state index in [4.69, 9.17) is 11.6 Å². The van der Waals surface area contributed by atoms with E-state index in [0.717, 1.165) is 16.8 Å². The fourth-order valence-corrected chi connectivity index (χ4v) is 2.99. The van der Waals surface area contributed by atoms with E-state index in [2.05, 4.69) is 19.2 Å². The molecule has 0 bridgehead atoms. The Morgan fingerprint density at radius 3 is 2.15 bits per heavy atom. The summed E-state index contributed by atoms with van der Waals surface area (Å²) >= 11 is 6.29. The topological polar surface area (TPSA) is 29.1 Å². The number of hydrogen-bond acceptors (Lipinski definition) is 1. The summed E-state index contributed by atoms with van der Waals surface area (Å²) in [5, 5.41) is 3.61. The number of rotatable bonds is 5. The van der Waals surface area contributed by atoms with Gasteiger partial charge in [0.05, 0.1) is 0 Å². The van der Waals surface area contributed by atoms with Crippen LogP contribution in [0.4, 0.5) is 5.69 Å². The number of hydrogen-bond donors (Lipinski definition) is 1. The maximum absolute atomic E-state index is 13.0. The van der Waals surface area contributed by atoms with E-state index in [1.54, 1.807) is 0 Å². The highest BCUT2D eigenvalue weighted by Gasteiger charge is 2.13. The van der Waals surface area contributed by atoms with Gasteiger partial charge in [0.1, 0.15) is 0 Å². The molecule has 3 aromatic rings. The van der Waals surface area contributed by atoms with Crippen LogP contribution in [0.3, 0.4) is 0 Å². The van der Waals surface area contributed by atoms with Gasteiger partial charge in [-0.25, -0.2) is 0 Å². The molecule has 0 saturated heterocycles. The van der Waals surface area contributed by atoms with Gasteiger partial charge >= 0.3 is 0 Å². The number of halogens is 1. The number of nitrogens with one attached hydrogen (secondary N) is 1. The van der Waals surface area contributed by atoms with Crippen molar-refractivity contribution < 1.29 is 4.79 Å². The van der Waals surface area contributed by atoms with Gasteiger partial charge in [0.15, 0.2) is 0 Å². The van der Waals surface area contributed by atoms with E-state index in [0.29, 0.717) is 16.5 Å². The highest BCUT2D eigenvalue weighted by Crippen LogP contribution is 2.25. The van der Waals surface area contributed by atoms with Crippen LogP contribution in [0.5, 0.6) is 0 Å². The average molecular weight is 376 g/mol. The van der Waals surface area contributed by atoms with Gasteiger partial charge in [-0.15, -0.1) is 0 Å². The Morgan fingerprint density at radius 2 is 1.52 bits per heavy atom. The van der Waals surface area contributed by atoms with E-state index in [1.165, 1.54) is 5.56 Å². The van der Waals surface area contributed by atoms with E-state index in [1.807, 2.05) is 84.9 Å². The minimum absolute atomic E-state index is 0.168. The fourth-order valence-electron chi connectivity index (χ4n) is 2.80. The van der Waals surface area contributed by atoms with Crippen molar-refractivity contribution in [2.75, 3.05) is 5.32 Å². The number of carbonyl (C=O) groups excluding carboxylic acids is 1. The molecular weight excluding hydrogens is 354 g/mol. The molecule has 0 heterocycles. The fraction of sp³-hybridized carbons (Fsp3) is 0.125. The molecule has 0 atom stereocenters. The molecule has 3 heteroatoms. The van der Waals surface area contributed by atoms with E-state index in [9.17, 15) is 4.79 Å². The second kappa shape index (κ2) is 8.70. The molecule has 3 aromatic carbocycles. The molecular formula is C24H22ClNO. The molecule has 0 spiro atoms.